The minimum absolute atomic E-state index is 0.135. The van der Waals surface area contributed by atoms with Crippen molar-refractivity contribution in [2.24, 2.45) is 11.8 Å². The maximum Gasteiger partial charge on any atom is 0.220 e. The third-order valence-corrected chi connectivity index (χ3v) is 4.76. The van der Waals surface area contributed by atoms with Crippen LogP contribution < -0.4 is 5.32 Å². The summed E-state index contributed by atoms with van der Waals surface area (Å²) >= 11 is 0. The van der Waals surface area contributed by atoms with Crippen LogP contribution in [0.15, 0.2) is 24.3 Å². The standard InChI is InChI=1S/C18H25NO3/c20-16-7-5-15(6-8-16)17(14-3-4-14)10-18(21)19-11-13-2-1-9-22-12-13/h5-8,13-14,17,20H,1-4,9-12H2,(H,19,21). The van der Waals surface area contributed by atoms with Crippen molar-refractivity contribution in [1.82, 2.24) is 5.32 Å². The van der Waals surface area contributed by atoms with E-state index in [2.05, 4.69) is 5.32 Å². The van der Waals surface area contributed by atoms with Crippen molar-refractivity contribution >= 4 is 5.91 Å². The van der Waals surface area contributed by atoms with Gasteiger partial charge in [0.1, 0.15) is 5.75 Å². The summed E-state index contributed by atoms with van der Waals surface area (Å²) < 4.78 is 5.45. The summed E-state index contributed by atoms with van der Waals surface area (Å²) in [5.41, 5.74) is 1.16. The van der Waals surface area contributed by atoms with E-state index >= 15 is 0 Å². The number of aromatic hydroxyl groups is 1. The van der Waals surface area contributed by atoms with Crippen LogP contribution in [0, 0.1) is 11.8 Å². The van der Waals surface area contributed by atoms with Gasteiger partial charge in [0.15, 0.2) is 0 Å². The smallest absolute Gasteiger partial charge is 0.220 e. The summed E-state index contributed by atoms with van der Waals surface area (Å²) in [6, 6.07) is 7.31. The average molecular weight is 303 g/mol. The first-order valence-corrected chi connectivity index (χ1v) is 8.36. The first-order valence-electron chi connectivity index (χ1n) is 8.36. The van der Waals surface area contributed by atoms with Gasteiger partial charge < -0.3 is 15.2 Å². The van der Waals surface area contributed by atoms with Crippen LogP contribution in [-0.4, -0.2) is 30.8 Å². The van der Waals surface area contributed by atoms with E-state index in [0.29, 0.717) is 18.3 Å². The monoisotopic (exact) mass is 303 g/mol. The lowest BCUT2D eigenvalue weighted by molar-refractivity contribution is -0.122. The molecule has 0 aromatic heterocycles. The molecule has 3 rings (SSSR count). The zero-order valence-electron chi connectivity index (χ0n) is 13.0. The van der Waals surface area contributed by atoms with Gasteiger partial charge >= 0.3 is 0 Å². The number of carbonyl (C=O) groups excluding carboxylic acids is 1. The van der Waals surface area contributed by atoms with E-state index < -0.39 is 0 Å². The van der Waals surface area contributed by atoms with Gasteiger partial charge in [-0.05, 0) is 61.1 Å². The molecule has 1 aromatic rings. The van der Waals surface area contributed by atoms with Crippen LogP contribution in [0.1, 0.15) is 43.6 Å². The van der Waals surface area contributed by atoms with Gasteiger partial charge in [0, 0.05) is 19.6 Å². The second-order valence-corrected chi connectivity index (χ2v) is 6.63. The molecule has 2 aliphatic rings. The summed E-state index contributed by atoms with van der Waals surface area (Å²) in [6.45, 7) is 2.35. The van der Waals surface area contributed by atoms with Crippen LogP contribution >= 0.6 is 0 Å². The highest BCUT2D eigenvalue weighted by molar-refractivity contribution is 5.77. The summed E-state index contributed by atoms with van der Waals surface area (Å²) in [5, 5.41) is 12.5. The fraction of sp³-hybridized carbons (Fsp3) is 0.611. The SMILES string of the molecule is O=C(CC(c1ccc(O)cc1)C1CC1)NCC1CCCOC1. The molecule has 120 valence electrons. The van der Waals surface area contributed by atoms with E-state index in [1.165, 1.54) is 12.8 Å². The predicted molar refractivity (Wildman–Crippen MR) is 84.7 cm³/mol. The molecule has 1 aromatic carbocycles. The van der Waals surface area contributed by atoms with Gasteiger partial charge in [0.05, 0.1) is 6.61 Å². The maximum absolute atomic E-state index is 12.3. The van der Waals surface area contributed by atoms with Gasteiger partial charge in [0.25, 0.3) is 0 Å². The van der Waals surface area contributed by atoms with E-state index in [1.807, 2.05) is 12.1 Å². The molecule has 2 N–H and O–H groups in total. The number of phenolic OH excluding ortho intramolecular Hbond substituents is 1. The normalized spacial score (nSPS) is 23.0. The van der Waals surface area contributed by atoms with Crippen LogP contribution in [0.5, 0.6) is 5.75 Å². The minimum Gasteiger partial charge on any atom is -0.508 e. The molecule has 1 aliphatic carbocycles. The molecular formula is C18H25NO3. The molecule has 2 atom stereocenters. The van der Waals surface area contributed by atoms with Crippen molar-refractivity contribution < 1.29 is 14.6 Å². The molecule has 2 unspecified atom stereocenters. The Bertz CT molecular complexity index is 490. The summed E-state index contributed by atoms with van der Waals surface area (Å²) in [6.07, 6.45) is 5.19. The number of phenols is 1. The van der Waals surface area contributed by atoms with Crippen molar-refractivity contribution in [3.8, 4) is 5.75 Å². The topological polar surface area (TPSA) is 58.6 Å². The number of ether oxygens (including phenoxy) is 1. The van der Waals surface area contributed by atoms with E-state index in [4.69, 9.17) is 4.74 Å². The highest BCUT2D eigenvalue weighted by atomic mass is 16.5. The Balaban J connectivity index is 1.52. The summed E-state index contributed by atoms with van der Waals surface area (Å²) in [4.78, 5) is 12.3. The number of benzene rings is 1. The molecule has 1 aliphatic heterocycles. The summed E-state index contributed by atoms with van der Waals surface area (Å²) in [5.74, 6) is 1.78. The maximum atomic E-state index is 12.3. The van der Waals surface area contributed by atoms with Crippen molar-refractivity contribution in [3.05, 3.63) is 29.8 Å². The number of rotatable bonds is 6. The van der Waals surface area contributed by atoms with Crippen molar-refractivity contribution in [3.63, 3.8) is 0 Å². The number of hydrogen-bond acceptors (Lipinski definition) is 3. The van der Waals surface area contributed by atoms with E-state index in [-0.39, 0.29) is 17.6 Å². The zero-order valence-corrected chi connectivity index (χ0v) is 13.0. The third-order valence-electron chi connectivity index (χ3n) is 4.76. The Morgan fingerprint density at radius 1 is 1.27 bits per heavy atom. The fourth-order valence-corrected chi connectivity index (χ4v) is 3.28. The molecule has 0 radical (unpaired) electrons. The molecule has 1 amide bonds. The number of carbonyl (C=O) groups is 1. The minimum atomic E-state index is 0.135. The molecule has 0 bridgehead atoms. The van der Waals surface area contributed by atoms with Gasteiger partial charge in [0.2, 0.25) is 5.91 Å². The Morgan fingerprint density at radius 2 is 2.05 bits per heavy atom. The molecule has 4 nitrogen and oxygen atoms in total. The lowest BCUT2D eigenvalue weighted by atomic mass is 9.90. The highest BCUT2D eigenvalue weighted by Gasteiger charge is 2.33. The Kier molecular flexibility index (Phi) is 4.98. The molecule has 0 spiro atoms. The second-order valence-electron chi connectivity index (χ2n) is 6.63. The van der Waals surface area contributed by atoms with Crippen molar-refractivity contribution in [2.45, 2.75) is 38.0 Å². The van der Waals surface area contributed by atoms with Gasteiger partial charge in [-0.25, -0.2) is 0 Å². The number of hydrogen-bond donors (Lipinski definition) is 2. The molecule has 1 saturated heterocycles. The average Bonchev–Trinajstić information content (AvgIpc) is 3.37. The van der Waals surface area contributed by atoms with Crippen LogP contribution in [0.4, 0.5) is 0 Å². The predicted octanol–water partition coefficient (Wildman–Crippen LogP) is 2.82. The first kappa shape index (κ1) is 15.3. The quantitative estimate of drug-likeness (QED) is 0.849. The highest BCUT2D eigenvalue weighted by Crippen LogP contribution is 2.44. The molecule has 22 heavy (non-hydrogen) atoms. The van der Waals surface area contributed by atoms with Crippen molar-refractivity contribution in [2.75, 3.05) is 19.8 Å². The zero-order chi connectivity index (χ0) is 15.4. The van der Waals surface area contributed by atoms with Crippen LogP contribution in [0.3, 0.4) is 0 Å². The van der Waals surface area contributed by atoms with Crippen LogP contribution in [0.2, 0.25) is 0 Å². The lowest BCUT2D eigenvalue weighted by Gasteiger charge is -2.23. The molecular weight excluding hydrogens is 278 g/mol. The largest absolute Gasteiger partial charge is 0.508 e. The first-order chi connectivity index (χ1) is 10.7. The van der Waals surface area contributed by atoms with Gasteiger partial charge in [-0.1, -0.05) is 12.1 Å². The lowest BCUT2D eigenvalue weighted by Crippen LogP contribution is -2.34. The van der Waals surface area contributed by atoms with Crippen LogP contribution in [0.25, 0.3) is 0 Å². The second kappa shape index (κ2) is 7.14. The fourth-order valence-electron chi connectivity index (χ4n) is 3.28. The van der Waals surface area contributed by atoms with Gasteiger partial charge in [-0.2, -0.15) is 0 Å². The number of amides is 1. The molecule has 1 saturated carbocycles. The molecule has 4 heteroatoms. The van der Waals surface area contributed by atoms with Gasteiger partial charge in [-0.15, -0.1) is 0 Å². The van der Waals surface area contributed by atoms with E-state index in [1.54, 1.807) is 12.1 Å². The summed E-state index contributed by atoms with van der Waals surface area (Å²) in [7, 11) is 0. The Labute approximate surface area is 131 Å². The molecule has 2 fully saturated rings. The Hall–Kier alpha value is -1.55. The Morgan fingerprint density at radius 3 is 2.68 bits per heavy atom. The molecule has 1 heterocycles. The number of nitrogens with one attached hydrogen (secondary N) is 1. The van der Waals surface area contributed by atoms with Crippen LogP contribution in [-0.2, 0) is 9.53 Å². The van der Waals surface area contributed by atoms with Gasteiger partial charge in [-0.3, -0.25) is 4.79 Å². The third kappa shape index (κ3) is 4.23. The van der Waals surface area contributed by atoms with E-state index in [0.717, 1.165) is 38.2 Å². The van der Waals surface area contributed by atoms with E-state index in [9.17, 15) is 9.90 Å². The van der Waals surface area contributed by atoms with Crippen molar-refractivity contribution in [1.29, 1.82) is 0 Å².